The third kappa shape index (κ3) is 5.16. The average Bonchev–Trinajstić information content (AvgIpc) is 2.60. The molecule has 0 aliphatic carbocycles. The summed E-state index contributed by atoms with van der Waals surface area (Å²) in [5.41, 5.74) is 0.557. The number of aliphatic carboxylic acids is 1. The van der Waals surface area contributed by atoms with Gasteiger partial charge in [-0.3, -0.25) is 14.5 Å². The quantitative estimate of drug-likeness (QED) is 0.809. The monoisotopic (exact) mass is 351 g/mol. The molecular weight excluding hydrogens is 325 g/mol. The first kappa shape index (κ1) is 19.2. The first-order valence-corrected chi connectivity index (χ1v) is 8.65. The molecule has 25 heavy (non-hydrogen) atoms. The molecule has 1 atom stereocenters. The SMILES string of the molecule is CCC(C)N(CC(=O)O)CC(=O)N1CCN(c2ccccc2F)CC1. The number of carbonyl (C=O) groups excluding carboxylic acids is 1. The Labute approximate surface area is 147 Å². The Morgan fingerprint density at radius 1 is 1.20 bits per heavy atom. The molecule has 0 saturated carbocycles. The van der Waals surface area contributed by atoms with Crippen LogP contribution in [0.25, 0.3) is 0 Å². The minimum atomic E-state index is -0.933. The number of amides is 1. The minimum absolute atomic E-state index is 0.0275. The molecule has 2 rings (SSSR count). The second-order valence-corrected chi connectivity index (χ2v) is 6.38. The summed E-state index contributed by atoms with van der Waals surface area (Å²) in [5, 5.41) is 9.03. The van der Waals surface area contributed by atoms with Crippen LogP contribution >= 0.6 is 0 Å². The van der Waals surface area contributed by atoms with Crippen molar-refractivity contribution in [3.63, 3.8) is 0 Å². The van der Waals surface area contributed by atoms with Crippen molar-refractivity contribution in [1.29, 1.82) is 0 Å². The van der Waals surface area contributed by atoms with Gasteiger partial charge in [-0.05, 0) is 25.5 Å². The number of para-hydroxylation sites is 1. The van der Waals surface area contributed by atoms with Crippen LogP contribution in [0.1, 0.15) is 20.3 Å². The van der Waals surface area contributed by atoms with E-state index < -0.39 is 5.97 Å². The lowest BCUT2D eigenvalue weighted by molar-refractivity contribution is -0.140. The summed E-state index contributed by atoms with van der Waals surface area (Å²) in [7, 11) is 0. The van der Waals surface area contributed by atoms with Crippen LogP contribution in [0.3, 0.4) is 0 Å². The number of carboxylic acids is 1. The number of nitrogens with zero attached hydrogens (tertiary/aromatic N) is 3. The van der Waals surface area contributed by atoms with Crippen molar-refractivity contribution in [3.8, 4) is 0 Å². The zero-order valence-corrected chi connectivity index (χ0v) is 14.8. The molecule has 1 amide bonds. The number of hydrogen-bond donors (Lipinski definition) is 1. The average molecular weight is 351 g/mol. The maximum atomic E-state index is 13.9. The van der Waals surface area contributed by atoms with E-state index in [1.807, 2.05) is 18.7 Å². The van der Waals surface area contributed by atoms with Crippen LogP contribution in [0.15, 0.2) is 24.3 Å². The van der Waals surface area contributed by atoms with Gasteiger partial charge in [-0.2, -0.15) is 0 Å². The molecule has 1 unspecified atom stereocenters. The standard InChI is InChI=1S/C18H26FN3O3/c1-3-14(2)22(13-18(24)25)12-17(23)21-10-8-20(9-11-21)16-7-5-4-6-15(16)19/h4-7,14H,3,8-13H2,1-2H3,(H,24,25). The van der Waals surface area contributed by atoms with Crippen LogP contribution in [-0.4, -0.2) is 72.1 Å². The van der Waals surface area contributed by atoms with Gasteiger partial charge in [-0.15, -0.1) is 0 Å². The van der Waals surface area contributed by atoms with Gasteiger partial charge in [0.15, 0.2) is 0 Å². The Bertz CT molecular complexity index is 603. The molecule has 1 aliphatic rings. The van der Waals surface area contributed by atoms with Crippen LogP contribution in [0.5, 0.6) is 0 Å². The van der Waals surface area contributed by atoms with Crippen LogP contribution in [0.4, 0.5) is 10.1 Å². The molecule has 6 nitrogen and oxygen atoms in total. The molecule has 1 fully saturated rings. The van der Waals surface area contributed by atoms with Crippen molar-refractivity contribution in [3.05, 3.63) is 30.1 Å². The van der Waals surface area contributed by atoms with Crippen molar-refractivity contribution in [2.24, 2.45) is 0 Å². The highest BCUT2D eigenvalue weighted by Gasteiger charge is 2.26. The summed E-state index contributed by atoms with van der Waals surface area (Å²) in [6, 6.07) is 6.66. The lowest BCUT2D eigenvalue weighted by Gasteiger charge is -2.37. The van der Waals surface area contributed by atoms with E-state index in [9.17, 15) is 14.0 Å². The van der Waals surface area contributed by atoms with Crippen molar-refractivity contribution in [1.82, 2.24) is 9.80 Å². The molecule has 0 aromatic heterocycles. The highest BCUT2D eigenvalue weighted by Crippen LogP contribution is 2.20. The van der Waals surface area contributed by atoms with Gasteiger partial charge in [0.1, 0.15) is 5.82 Å². The predicted octanol–water partition coefficient (Wildman–Crippen LogP) is 1.66. The van der Waals surface area contributed by atoms with Gasteiger partial charge < -0.3 is 14.9 Å². The van der Waals surface area contributed by atoms with E-state index in [-0.39, 0.29) is 30.9 Å². The number of anilines is 1. The third-order valence-electron chi connectivity index (χ3n) is 4.72. The van der Waals surface area contributed by atoms with Gasteiger partial charge >= 0.3 is 5.97 Å². The number of carboxylic acid groups (broad SMARTS) is 1. The maximum Gasteiger partial charge on any atom is 0.317 e. The van der Waals surface area contributed by atoms with Crippen molar-refractivity contribution in [2.75, 3.05) is 44.2 Å². The Balaban J connectivity index is 1.92. The summed E-state index contributed by atoms with van der Waals surface area (Å²) < 4.78 is 13.9. The lowest BCUT2D eigenvalue weighted by Crippen LogP contribution is -2.52. The van der Waals surface area contributed by atoms with Gasteiger partial charge in [0.25, 0.3) is 0 Å². The zero-order valence-electron chi connectivity index (χ0n) is 14.8. The summed E-state index contributed by atoms with van der Waals surface area (Å²) >= 11 is 0. The Hall–Kier alpha value is -2.15. The van der Waals surface area contributed by atoms with Gasteiger partial charge in [0, 0.05) is 32.2 Å². The Morgan fingerprint density at radius 3 is 2.40 bits per heavy atom. The first-order chi connectivity index (χ1) is 11.9. The smallest absolute Gasteiger partial charge is 0.317 e. The van der Waals surface area contributed by atoms with E-state index in [1.54, 1.807) is 28.0 Å². The highest BCUT2D eigenvalue weighted by molar-refractivity contribution is 5.79. The predicted molar refractivity (Wildman–Crippen MR) is 94.2 cm³/mol. The van der Waals surface area contributed by atoms with Gasteiger partial charge in [-0.25, -0.2) is 4.39 Å². The largest absolute Gasteiger partial charge is 0.480 e. The summed E-state index contributed by atoms with van der Waals surface area (Å²) in [6.45, 7) is 5.99. The van der Waals surface area contributed by atoms with E-state index >= 15 is 0 Å². The van der Waals surface area contributed by atoms with Gasteiger partial charge in [0.2, 0.25) is 5.91 Å². The highest BCUT2D eigenvalue weighted by atomic mass is 19.1. The molecule has 0 radical (unpaired) electrons. The zero-order chi connectivity index (χ0) is 18.4. The third-order valence-corrected chi connectivity index (χ3v) is 4.72. The molecule has 0 spiro atoms. The molecule has 1 N–H and O–H groups in total. The fraction of sp³-hybridized carbons (Fsp3) is 0.556. The number of hydrogen-bond acceptors (Lipinski definition) is 4. The molecular formula is C18H26FN3O3. The second kappa shape index (κ2) is 8.80. The number of rotatable bonds is 7. The first-order valence-electron chi connectivity index (χ1n) is 8.65. The molecule has 1 saturated heterocycles. The van der Waals surface area contributed by atoms with E-state index in [4.69, 9.17) is 5.11 Å². The summed E-state index contributed by atoms with van der Waals surface area (Å²) in [4.78, 5) is 28.9. The van der Waals surface area contributed by atoms with E-state index in [0.717, 1.165) is 6.42 Å². The number of carbonyl (C=O) groups is 2. The van der Waals surface area contributed by atoms with Gasteiger partial charge in [0.05, 0.1) is 18.8 Å². The fourth-order valence-corrected chi connectivity index (χ4v) is 2.98. The van der Waals surface area contributed by atoms with Crippen molar-refractivity contribution >= 4 is 17.6 Å². The maximum absolute atomic E-state index is 13.9. The Morgan fingerprint density at radius 2 is 1.84 bits per heavy atom. The van der Waals surface area contributed by atoms with Crippen LogP contribution in [0.2, 0.25) is 0 Å². The van der Waals surface area contributed by atoms with Crippen molar-refractivity contribution < 1.29 is 19.1 Å². The summed E-state index contributed by atoms with van der Waals surface area (Å²) in [6.07, 6.45) is 0.779. The molecule has 1 aromatic carbocycles. The molecule has 1 aromatic rings. The number of halogens is 1. The number of benzene rings is 1. The fourth-order valence-electron chi connectivity index (χ4n) is 2.98. The van der Waals surface area contributed by atoms with E-state index in [0.29, 0.717) is 31.9 Å². The molecule has 138 valence electrons. The normalized spacial score (nSPS) is 16.2. The minimum Gasteiger partial charge on any atom is -0.480 e. The van der Waals surface area contributed by atoms with Crippen LogP contribution in [0, 0.1) is 5.82 Å². The summed E-state index contributed by atoms with van der Waals surface area (Å²) in [5.74, 6) is -1.26. The van der Waals surface area contributed by atoms with Crippen LogP contribution < -0.4 is 4.90 Å². The lowest BCUT2D eigenvalue weighted by atomic mass is 10.2. The van der Waals surface area contributed by atoms with E-state index in [1.165, 1.54) is 6.07 Å². The Kier molecular flexibility index (Phi) is 6.75. The van der Waals surface area contributed by atoms with Gasteiger partial charge in [-0.1, -0.05) is 19.1 Å². The molecule has 0 bridgehead atoms. The van der Waals surface area contributed by atoms with Crippen LogP contribution in [-0.2, 0) is 9.59 Å². The molecule has 7 heteroatoms. The van der Waals surface area contributed by atoms with Crippen molar-refractivity contribution in [2.45, 2.75) is 26.3 Å². The number of piperazine rings is 1. The molecule has 1 heterocycles. The molecule has 1 aliphatic heterocycles. The van der Waals surface area contributed by atoms with E-state index in [2.05, 4.69) is 0 Å². The topological polar surface area (TPSA) is 64.1 Å². The second-order valence-electron chi connectivity index (χ2n) is 6.38.